The van der Waals surface area contributed by atoms with E-state index in [1.54, 1.807) is 0 Å². The van der Waals surface area contributed by atoms with Crippen LogP contribution >= 0.6 is 0 Å². The summed E-state index contributed by atoms with van der Waals surface area (Å²) in [4.78, 5) is 12.7. The van der Waals surface area contributed by atoms with Crippen LogP contribution in [0.5, 0.6) is 0 Å². The van der Waals surface area contributed by atoms with Gasteiger partial charge in [-0.2, -0.15) is 0 Å². The third-order valence-corrected chi connectivity index (χ3v) is 8.61. The molecule has 1 fully saturated rings. The van der Waals surface area contributed by atoms with Crippen molar-refractivity contribution in [3.8, 4) is 0 Å². The van der Waals surface area contributed by atoms with Gasteiger partial charge >= 0.3 is 0 Å². The largest absolute Gasteiger partial charge is 0.389 e. The van der Waals surface area contributed by atoms with E-state index in [0.29, 0.717) is 17.6 Å². The van der Waals surface area contributed by atoms with E-state index in [-0.39, 0.29) is 17.3 Å². The van der Waals surface area contributed by atoms with Crippen LogP contribution in [-0.4, -0.2) is 16.5 Å². The Morgan fingerprint density at radius 2 is 1.43 bits per heavy atom. The molecule has 0 heterocycles. The van der Waals surface area contributed by atoms with Gasteiger partial charge in [0, 0.05) is 12.3 Å². The minimum Gasteiger partial charge on any atom is -0.389 e. The maximum atomic E-state index is 12.7. The first kappa shape index (κ1) is 27.7. The quantitative estimate of drug-likeness (QED) is 0.269. The average Bonchev–Trinajstić information content (AvgIpc) is 2.68. The summed E-state index contributed by atoms with van der Waals surface area (Å²) in [5.74, 6) is 0.729. The number of Topliss-reactive ketones (excluding diaryl/α,β-unsaturated/α-hetero) is 1. The van der Waals surface area contributed by atoms with Crippen LogP contribution in [0.1, 0.15) is 145 Å². The van der Waals surface area contributed by atoms with Gasteiger partial charge in [-0.05, 0) is 49.4 Å². The normalized spacial score (nSPS) is 27.3. The molecule has 30 heavy (non-hydrogen) atoms. The predicted molar refractivity (Wildman–Crippen MR) is 131 cm³/mol. The molecule has 4 unspecified atom stereocenters. The number of rotatable bonds is 15. The van der Waals surface area contributed by atoms with Crippen molar-refractivity contribution >= 4 is 5.78 Å². The van der Waals surface area contributed by atoms with Crippen molar-refractivity contribution in [1.82, 2.24) is 0 Å². The van der Waals surface area contributed by atoms with Gasteiger partial charge in [0.2, 0.25) is 0 Å². The summed E-state index contributed by atoms with van der Waals surface area (Å²) in [6.07, 6.45) is 17.8. The van der Waals surface area contributed by atoms with Gasteiger partial charge in [-0.15, -0.1) is 0 Å². The van der Waals surface area contributed by atoms with Crippen LogP contribution in [-0.2, 0) is 4.79 Å². The summed E-state index contributed by atoms with van der Waals surface area (Å²) in [6.45, 7) is 15.8. The second-order valence-electron chi connectivity index (χ2n) is 11.9. The van der Waals surface area contributed by atoms with E-state index in [1.165, 1.54) is 64.2 Å². The monoisotopic (exact) mass is 422 g/mol. The fourth-order valence-electron chi connectivity index (χ4n) is 5.41. The number of ketones is 1. The van der Waals surface area contributed by atoms with E-state index in [2.05, 4.69) is 41.5 Å². The van der Waals surface area contributed by atoms with Crippen LogP contribution in [0, 0.1) is 22.7 Å². The molecule has 1 aliphatic rings. The first-order valence-corrected chi connectivity index (χ1v) is 13.2. The van der Waals surface area contributed by atoms with Crippen LogP contribution in [0.3, 0.4) is 0 Å². The van der Waals surface area contributed by atoms with Gasteiger partial charge in [-0.1, -0.05) is 106 Å². The van der Waals surface area contributed by atoms with Crippen LogP contribution in [0.25, 0.3) is 0 Å². The number of hydrogen-bond donors (Lipinski definition) is 1. The molecule has 1 saturated carbocycles. The second-order valence-corrected chi connectivity index (χ2v) is 11.9. The van der Waals surface area contributed by atoms with Crippen LogP contribution < -0.4 is 0 Å². The molecule has 0 aromatic carbocycles. The Morgan fingerprint density at radius 3 is 1.93 bits per heavy atom. The van der Waals surface area contributed by atoms with Crippen LogP contribution in [0.4, 0.5) is 0 Å². The fourth-order valence-corrected chi connectivity index (χ4v) is 5.41. The summed E-state index contributed by atoms with van der Waals surface area (Å²) < 4.78 is 0. The van der Waals surface area contributed by atoms with Gasteiger partial charge in [0.05, 0.1) is 5.60 Å². The van der Waals surface area contributed by atoms with E-state index in [1.807, 2.05) is 6.92 Å². The molecule has 0 spiro atoms. The number of hydrogen-bond acceptors (Lipinski definition) is 2. The lowest BCUT2D eigenvalue weighted by molar-refractivity contribution is -0.139. The molecule has 4 atom stereocenters. The Morgan fingerprint density at radius 1 is 0.900 bits per heavy atom. The third-order valence-electron chi connectivity index (χ3n) is 8.61. The number of aliphatic hydroxyl groups is 1. The molecule has 0 saturated heterocycles. The molecule has 1 rings (SSSR count). The molecule has 0 radical (unpaired) electrons. The van der Waals surface area contributed by atoms with Gasteiger partial charge in [0.1, 0.15) is 5.78 Å². The molecule has 1 N–H and O–H groups in total. The summed E-state index contributed by atoms with van der Waals surface area (Å²) in [5.41, 5.74) is 0.00205. The Hall–Kier alpha value is -0.370. The molecule has 178 valence electrons. The molecule has 2 nitrogen and oxygen atoms in total. The molecule has 1 aliphatic carbocycles. The van der Waals surface area contributed by atoms with Crippen molar-refractivity contribution in [2.45, 2.75) is 150 Å². The van der Waals surface area contributed by atoms with Gasteiger partial charge in [0.25, 0.3) is 0 Å². The fraction of sp³-hybridized carbons (Fsp3) is 0.964. The SMILES string of the molecule is CCC1CC(CC(C)(CC)CCCCCCCCCC(C)(C)CC)C(=O)CC1(C)O. The summed E-state index contributed by atoms with van der Waals surface area (Å²) in [7, 11) is 0. The Balaban J connectivity index is 2.28. The zero-order valence-corrected chi connectivity index (χ0v) is 21.6. The smallest absolute Gasteiger partial charge is 0.138 e. The van der Waals surface area contributed by atoms with Crippen molar-refractivity contribution in [3.63, 3.8) is 0 Å². The lowest BCUT2D eigenvalue weighted by Gasteiger charge is -2.42. The Labute approximate surface area is 189 Å². The standard InChI is InChI=1S/C28H54O2/c1-8-24-20-23(25(29)22-28(24,7)30)21-27(6,10-3)19-17-15-13-11-12-14-16-18-26(4,5)9-2/h23-24,30H,8-22H2,1-7H3. The maximum Gasteiger partial charge on any atom is 0.138 e. The highest BCUT2D eigenvalue weighted by molar-refractivity contribution is 5.83. The second kappa shape index (κ2) is 12.6. The Kier molecular flexibility index (Phi) is 11.6. The van der Waals surface area contributed by atoms with E-state index >= 15 is 0 Å². The highest BCUT2D eigenvalue weighted by Crippen LogP contribution is 2.44. The van der Waals surface area contributed by atoms with E-state index in [4.69, 9.17) is 0 Å². The van der Waals surface area contributed by atoms with E-state index < -0.39 is 5.60 Å². The first-order chi connectivity index (χ1) is 14.0. The van der Waals surface area contributed by atoms with Gasteiger partial charge in [-0.3, -0.25) is 4.79 Å². The van der Waals surface area contributed by atoms with Crippen molar-refractivity contribution in [1.29, 1.82) is 0 Å². The lowest BCUT2D eigenvalue weighted by atomic mass is 9.64. The predicted octanol–water partition coefficient (Wildman–Crippen LogP) is 8.50. The zero-order chi connectivity index (χ0) is 22.8. The summed E-state index contributed by atoms with van der Waals surface area (Å²) in [5, 5.41) is 10.6. The minimum absolute atomic E-state index is 0.160. The van der Waals surface area contributed by atoms with Crippen molar-refractivity contribution in [2.75, 3.05) is 0 Å². The zero-order valence-electron chi connectivity index (χ0n) is 21.6. The minimum atomic E-state index is -0.794. The Bertz CT molecular complexity index is 493. The number of carbonyl (C=O) groups is 1. The van der Waals surface area contributed by atoms with Gasteiger partial charge in [-0.25, -0.2) is 0 Å². The molecular weight excluding hydrogens is 368 g/mol. The van der Waals surface area contributed by atoms with Crippen molar-refractivity contribution in [2.24, 2.45) is 22.7 Å². The summed E-state index contributed by atoms with van der Waals surface area (Å²) >= 11 is 0. The van der Waals surface area contributed by atoms with E-state index in [0.717, 1.165) is 25.7 Å². The molecular formula is C28H54O2. The molecule has 0 aliphatic heterocycles. The lowest BCUT2D eigenvalue weighted by Crippen LogP contribution is -2.45. The van der Waals surface area contributed by atoms with Gasteiger partial charge < -0.3 is 5.11 Å². The molecule has 2 heteroatoms. The van der Waals surface area contributed by atoms with Crippen molar-refractivity contribution < 1.29 is 9.90 Å². The molecule has 0 bridgehead atoms. The van der Waals surface area contributed by atoms with Crippen molar-refractivity contribution in [3.05, 3.63) is 0 Å². The number of carbonyl (C=O) groups excluding carboxylic acids is 1. The highest BCUT2D eigenvalue weighted by atomic mass is 16.3. The van der Waals surface area contributed by atoms with Crippen LogP contribution in [0.15, 0.2) is 0 Å². The molecule has 0 aromatic rings. The first-order valence-electron chi connectivity index (χ1n) is 13.2. The van der Waals surface area contributed by atoms with Crippen LogP contribution in [0.2, 0.25) is 0 Å². The molecule has 0 amide bonds. The summed E-state index contributed by atoms with van der Waals surface area (Å²) in [6, 6.07) is 0. The van der Waals surface area contributed by atoms with E-state index in [9.17, 15) is 9.90 Å². The number of unbranched alkanes of at least 4 members (excludes halogenated alkanes) is 6. The van der Waals surface area contributed by atoms with Gasteiger partial charge in [0.15, 0.2) is 0 Å². The highest BCUT2D eigenvalue weighted by Gasteiger charge is 2.43. The maximum absolute atomic E-state index is 12.7. The topological polar surface area (TPSA) is 37.3 Å². The molecule has 0 aromatic heterocycles. The third kappa shape index (κ3) is 9.41. The average molecular weight is 423 g/mol.